The Balaban J connectivity index is 2.10. The van der Waals surface area contributed by atoms with Crippen molar-refractivity contribution in [2.24, 2.45) is 5.92 Å². The fourth-order valence-corrected chi connectivity index (χ4v) is 3.39. The number of thioether (sulfide) groups is 1. The van der Waals surface area contributed by atoms with Gasteiger partial charge in [0.2, 0.25) is 5.91 Å². The van der Waals surface area contributed by atoms with Crippen molar-refractivity contribution in [3.63, 3.8) is 0 Å². The minimum absolute atomic E-state index is 0.107. The number of hydrogen-bond donors (Lipinski definition) is 2. The highest BCUT2D eigenvalue weighted by Crippen LogP contribution is 2.28. The highest BCUT2D eigenvalue weighted by Gasteiger charge is 2.22. The Kier molecular flexibility index (Phi) is 9.80. The largest absolute Gasteiger partial charge is 0.492 e. The molecular weight excluding hydrogens is 454 g/mol. The summed E-state index contributed by atoms with van der Waals surface area (Å²) in [6.45, 7) is 4.57. The van der Waals surface area contributed by atoms with Crippen LogP contribution in [-0.4, -0.2) is 41.4 Å². The SMILES string of the molecule is CSCCC(NC(=O)c1cccc([N+](=O)[O-])c1)C(=O)Nc1ccc(OCC(C)C)c(Cl)c1. The van der Waals surface area contributed by atoms with Crippen molar-refractivity contribution >= 4 is 46.6 Å². The smallest absolute Gasteiger partial charge is 0.270 e. The standard InChI is InChI=1S/C22H26ClN3O5S/c1-14(2)13-31-20-8-7-16(12-18(20)23)24-22(28)19(9-10-32-3)25-21(27)15-5-4-6-17(11-15)26(29)30/h4-8,11-12,14,19H,9-10,13H2,1-3H3,(H,24,28)(H,25,27). The van der Waals surface area contributed by atoms with Crippen molar-refractivity contribution in [2.45, 2.75) is 26.3 Å². The Morgan fingerprint density at radius 3 is 2.59 bits per heavy atom. The van der Waals surface area contributed by atoms with Crippen molar-refractivity contribution < 1.29 is 19.2 Å². The normalized spacial score (nSPS) is 11.7. The number of nitro groups is 1. The first-order valence-electron chi connectivity index (χ1n) is 9.98. The van der Waals surface area contributed by atoms with Gasteiger partial charge in [0.1, 0.15) is 11.8 Å². The van der Waals surface area contributed by atoms with Crippen LogP contribution in [0.25, 0.3) is 0 Å². The molecule has 0 heterocycles. The first-order valence-corrected chi connectivity index (χ1v) is 11.8. The third kappa shape index (κ3) is 7.72. The molecule has 1 atom stereocenters. The number of rotatable bonds is 11. The lowest BCUT2D eigenvalue weighted by atomic mass is 10.1. The zero-order chi connectivity index (χ0) is 23.7. The number of carbonyl (C=O) groups is 2. The van der Waals surface area contributed by atoms with E-state index in [9.17, 15) is 19.7 Å². The summed E-state index contributed by atoms with van der Waals surface area (Å²) in [6.07, 6.45) is 2.28. The Hall–Kier alpha value is -2.78. The molecule has 1 unspecified atom stereocenters. The molecule has 2 aromatic carbocycles. The van der Waals surface area contributed by atoms with Gasteiger partial charge in [-0.15, -0.1) is 0 Å². The van der Waals surface area contributed by atoms with E-state index in [-0.39, 0.29) is 11.3 Å². The van der Waals surface area contributed by atoms with Crippen molar-refractivity contribution in [3.8, 4) is 5.75 Å². The van der Waals surface area contributed by atoms with Gasteiger partial charge in [0.05, 0.1) is 16.6 Å². The van der Waals surface area contributed by atoms with Crippen LogP contribution in [0.4, 0.5) is 11.4 Å². The molecule has 2 rings (SSSR count). The lowest BCUT2D eigenvalue weighted by molar-refractivity contribution is -0.384. The number of carbonyl (C=O) groups excluding carboxylic acids is 2. The van der Waals surface area contributed by atoms with E-state index in [1.54, 1.807) is 18.2 Å². The third-order valence-electron chi connectivity index (χ3n) is 4.32. The third-order valence-corrected chi connectivity index (χ3v) is 5.26. The lowest BCUT2D eigenvalue weighted by Crippen LogP contribution is -2.44. The Morgan fingerprint density at radius 1 is 1.22 bits per heavy atom. The van der Waals surface area contributed by atoms with E-state index in [0.29, 0.717) is 41.2 Å². The van der Waals surface area contributed by atoms with Gasteiger partial charge >= 0.3 is 0 Å². The quantitative estimate of drug-likeness (QED) is 0.354. The molecule has 0 saturated carbocycles. The van der Waals surface area contributed by atoms with Crippen LogP contribution < -0.4 is 15.4 Å². The van der Waals surface area contributed by atoms with Crippen LogP contribution in [-0.2, 0) is 4.79 Å². The van der Waals surface area contributed by atoms with Crippen molar-refractivity contribution in [1.29, 1.82) is 0 Å². The number of non-ortho nitro benzene ring substituents is 1. The molecule has 0 aliphatic rings. The monoisotopic (exact) mass is 479 g/mol. The molecule has 2 aromatic rings. The van der Waals surface area contributed by atoms with E-state index in [1.807, 2.05) is 20.1 Å². The average Bonchev–Trinajstić information content (AvgIpc) is 2.75. The number of ether oxygens (including phenoxy) is 1. The van der Waals surface area contributed by atoms with Gasteiger partial charge in [-0.25, -0.2) is 0 Å². The summed E-state index contributed by atoms with van der Waals surface area (Å²) in [5.74, 6) is 0.527. The fraction of sp³-hybridized carbons (Fsp3) is 0.364. The van der Waals surface area contributed by atoms with Crippen LogP contribution in [0.15, 0.2) is 42.5 Å². The van der Waals surface area contributed by atoms with Gasteiger partial charge in [0, 0.05) is 23.4 Å². The van der Waals surface area contributed by atoms with Crippen molar-refractivity contribution in [1.82, 2.24) is 5.32 Å². The second kappa shape index (κ2) is 12.3. The molecule has 0 aliphatic carbocycles. The number of nitro benzene ring substituents is 1. The van der Waals surface area contributed by atoms with Crippen LogP contribution in [0.3, 0.4) is 0 Å². The zero-order valence-electron chi connectivity index (χ0n) is 18.1. The van der Waals surface area contributed by atoms with E-state index in [0.717, 1.165) is 0 Å². The minimum Gasteiger partial charge on any atom is -0.492 e. The van der Waals surface area contributed by atoms with Gasteiger partial charge in [-0.05, 0) is 48.6 Å². The molecule has 10 heteroatoms. The molecule has 0 saturated heterocycles. The Bertz CT molecular complexity index is 970. The van der Waals surface area contributed by atoms with Crippen LogP contribution in [0.2, 0.25) is 5.02 Å². The lowest BCUT2D eigenvalue weighted by Gasteiger charge is -2.19. The number of benzene rings is 2. The predicted octanol–water partition coefficient (Wildman–Crippen LogP) is 4.77. The summed E-state index contributed by atoms with van der Waals surface area (Å²) in [5, 5.41) is 16.8. The number of hydrogen-bond acceptors (Lipinski definition) is 6. The van der Waals surface area contributed by atoms with E-state index in [1.165, 1.54) is 36.0 Å². The Morgan fingerprint density at radius 2 is 1.97 bits per heavy atom. The van der Waals surface area contributed by atoms with Crippen LogP contribution in [0.5, 0.6) is 5.75 Å². The van der Waals surface area contributed by atoms with Gasteiger partial charge < -0.3 is 15.4 Å². The maximum Gasteiger partial charge on any atom is 0.270 e. The summed E-state index contributed by atoms with van der Waals surface area (Å²) in [5.41, 5.74) is 0.378. The van der Waals surface area contributed by atoms with Gasteiger partial charge in [0.15, 0.2) is 0 Å². The van der Waals surface area contributed by atoms with Crippen LogP contribution in [0.1, 0.15) is 30.6 Å². The van der Waals surface area contributed by atoms with E-state index in [4.69, 9.17) is 16.3 Å². The topological polar surface area (TPSA) is 111 Å². The minimum atomic E-state index is -0.829. The van der Waals surface area contributed by atoms with E-state index < -0.39 is 22.8 Å². The molecule has 0 fully saturated rings. The summed E-state index contributed by atoms with van der Waals surface area (Å²) in [6, 6.07) is 9.47. The van der Waals surface area contributed by atoms with Crippen LogP contribution >= 0.6 is 23.4 Å². The molecular formula is C22H26ClN3O5S. The van der Waals surface area contributed by atoms with Gasteiger partial charge in [-0.2, -0.15) is 11.8 Å². The molecule has 0 bridgehead atoms. The number of amides is 2. The Labute approximate surface area is 196 Å². The van der Waals surface area contributed by atoms with Crippen LogP contribution in [0, 0.1) is 16.0 Å². The molecule has 2 amide bonds. The van der Waals surface area contributed by atoms with Gasteiger partial charge in [-0.3, -0.25) is 19.7 Å². The number of halogens is 1. The summed E-state index contributed by atoms with van der Waals surface area (Å²) < 4.78 is 5.63. The number of nitrogens with one attached hydrogen (secondary N) is 2. The molecule has 0 radical (unpaired) electrons. The van der Waals surface area contributed by atoms with E-state index >= 15 is 0 Å². The second-order valence-corrected chi connectivity index (χ2v) is 8.85. The second-order valence-electron chi connectivity index (χ2n) is 7.45. The predicted molar refractivity (Wildman–Crippen MR) is 128 cm³/mol. The highest BCUT2D eigenvalue weighted by atomic mass is 35.5. The summed E-state index contributed by atoms with van der Waals surface area (Å²) >= 11 is 7.80. The van der Waals surface area contributed by atoms with Crippen molar-refractivity contribution in [3.05, 3.63) is 63.2 Å². The number of anilines is 1. The molecule has 172 valence electrons. The first kappa shape index (κ1) is 25.5. The zero-order valence-corrected chi connectivity index (χ0v) is 19.7. The first-order chi connectivity index (χ1) is 15.2. The van der Waals surface area contributed by atoms with Gasteiger partial charge in [-0.1, -0.05) is 31.5 Å². The molecule has 8 nitrogen and oxygen atoms in total. The van der Waals surface area contributed by atoms with E-state index in [2.05, 4.69) is 10.6 Å². The maximum absolute atomic E-state index is 12.9. The van der Waals surface area contributed by atoms with Gasteiger partial charge in [0.25, 0.3) is 11.6 Å². The molecule has 0 aromatic heterocycles. The highest BCUT2D eigenvalue weighted by molar-refractivity contribution is 7.98. The molecule has 32 heavy (non-hydrogen) atoms. The molecule has 0 spiro atoms. The summed E-state index contributed by atoms with van der Waals surface area (Å²) in [7, 11) is 0. The average molecular weight is 480 g/mol. The summed E-state index contributed by atoms with van der Waals surface area (Å²) in [4.78, 5) is 35.9. The number of nitrogens with zero attached hydrogens (tertiary/aromatic N) is 1. The molecule has 0 aliphatic heterocycles. The molecule has 2 N–H and O–H groups in total. The fourth-order valence-electron chi connectivity index (χ4n) is 2.69. The van der Waals surface area contributed by atoms with Crippen molar-refractivity contribution in [2.75, 3.05) is 23.9 Å². The maximum atomic E-state index is 12.9.